The molecule has 4 heterocycles. The van der Waals surface area contributed by atoms with E-state index in [1.165, 1.54) is 37.6 Å². The Morgan fingerprint density at radius 2 is 1.14 bits per heavy atom. The van der Waals surface area contributed by atoms with Gasteiger partial charge in [0.2, 0.25) is 0 Å². The second-order valence-corrected chi connectivity index (χ2v) is 27.6. The van der Waals surface area contributed by atoms with Crippen LogP contribution in [-0.2, 0) is 65.2 Å². The minimum absolute atomic E-state index is 0.111. The molecule has 0 bridgehead atoms. The number of rotatable bonds is 0. The average molecular weight is 808 g/mol. The van der Waals surface area contributed by atoms with E-state index in [0.717, 1.165) is 0 Å². The van der Waals surface area contributed by atoms with Crippen molar-refractivity contribution in [2.24, 2.45) is 0 Å². The molecule has 0 N–H and O–H groups in total. The molecular formula is C14H22B2Cl2O6P2W2. The first kappa shape index (κ1) is 25.3. The average Bonchev–Trinajstić information content (AvgIpc) is 2.91. The Morgan fingerprint density at radius 1 is 0.821 bits per heavy atom. The molecule has 0 spiro atoms. The molecule has 156 valence electrons. The van der Waals surface area contributed by atoms with Gasteiger partial charge in [0.1, 0.15) is 0 Å². The van der Waals surface area contributed by atoms with Gasteiger partial charge in [-0.2, -0.15) is 0 Å². The predicted octanol–water partition coefficient (Wildman–Crippen LogP) is 2.46. The van der Waals surface area contributed by atoms with E-state index >= 15 is 0 Å². The molecule has 28 heavy (non-hydrogen) atoms. The Balaban J connectivity index is 0.000000161. The number of ether oxygens (including phenoxy) is 2. The van der Waals surface area contributed by atoms with Crippen molar-refractivity contribution in [2.75, 3.05) is 26.5 Å². The summed E-state index contributed by atoms with van der Waals surface area (Å²) in [5, 5.41) is -3.30. The summed E-state index contributed by atoms with van der Waals surface area (Å²) in [4.78, 5) is -1.27. The molecule has 0 aromatic carbocycles. The Hall–Kier alpha value is 2.71. The van der Waals surface area contributed by atoms with Gasteiger partial charge in [-0.1, -0.05) is 0 Å². The third-order valence-corrected chi connectivity index (χ3v) is 12.5. The Morgan fingerprint density at radius 3 is 1.46 bits per heavy atom. The fourth-order valence-corrected chi connectivity index (χ4v) is 9.72. The fourth-order valence-electron chi connectivity index (χ4n) is 3.32. The van der Waals surface area contributed by atoms with Crippen LogP contribution in [0, 0.1) is 0 Å². The first-order valence-corrected chi connectivity index (χ1v) is 21.3. The van der Waals surface area contributed by atoms with Crippen LogP contribution in [-0.4, -0.2) is 88.4 Å². The van der Waals surface area contributed by atoms with Crippen molar-refractivity contribution in [1.29, 1.82) is 0 Å². The van der Waals surface area contributed by atoms with E-state index < -0.39 is 32.5 Å². The van der Waals surface area contributed by atoms with Crippen molar-refractivity contribution >= 4 is 49.6 Å². The first-order chi connectivity index (χ1) is 12.7. The van der Waals surface area contributed by atoms with Crippen LogP contribution in [0.5, 0.6) is 0 Å². The predicted molar refractivity (Wildman–Crippen MR) is 105 cm³/mol. The molecule has 4 fully saturated rings. The van der Waals surface area contributed by atoms with Crippen LogP contribution in [0.1, 0.15) is 13.8 Å². The van der Waals surface area contributed by atoms with Gasteiger partial charge in [0.15, 0.2) is 0 Å². The maximum atomic E-state index is 6.32. The normalized spacial score (nSPS) is 58.4. The van der Waals surface area contributed by atoms with Crippen LogP contribution in [0.2, 0.25) is 0 Å². The van der Waals surface area contributed by atoms with E-state index in [1.54, 1.807) is 0 Å². The molecule has 0 aliphatic carbocycles. The molecule has 0 saturated carbocycles. The third kappa shape index (κ3) is 5.26. The SMILES string of the molecule is [B][C@@H]1O[C@@H]2CO[P@@](C)(=[W])O[C@H]2[C@@]1(C)Cl.[B][C@@H]1O[C@@H]2CO[P@](C)(=[W])O[C@H]2[C@@]1(C)Cl. The summed E-state index contributed by atoms with van der Waals surface area (Å²) in [6, 6.07) is -0.952. The van der Waals surface area contributed by atoms with Crippen LogP contribution in [0.15, 0.2) is 0 Å². The second-order valence-electron chi connectivity index (χ2n) is 7.68. The van der Waals surface area contributed by atoms with Crippen molar-refractivity contribution in [3.8, 4) is 0 Å². The summed E-state index contributed by atoms with van der Waals surface area (Å²) in [6.45, 7) is 8.85. The molecule has 0 unspecified atom stereocenters. The van der Waals surface area contributed by atoms with Gasteiger partial charge in [-0.15, -0.1) is 0 Å². The van der Waals surface area contributed by atoms with Crippen LogP contribution in [0.3, 0.4) is 0 Å². The van der Waals surface area contributed by atoms with Crippen molar-refractivity contribution in [1.82, 2.24) is 0 Å². The zero-order chi connectivity index (χ0) is 21.1. The quantitative estimate of drug-likeness (QED) is 0.213. The molecule has 6 nitrogen and oxygen atoms in total. The number of fused-ring (bicyclic) bond motifs is 2. The van der Waals surface area contributed by atoms with E-state index in [0.29, 0.717) is 13.2 Å². The Labute approximate surface area is 200 Å². The van der Waals surface area contributed by atoms with Gasteiger partial charge >= 0.3 is 201 Å². The van der Waals surface area contributed by atoms with Crippen LogP contribution in [0.4, 0.5) is 0 Å². The van der Waals surface area contributed by atoms with Crippen LogP contribution >= 0.6 is 33.9 Å². The van der Waals surface area contributed by atoms with E-state index in [9.17, 15) is 0 Å². The van der Waals surface area contributed by atoms with Gasteiger partial charge in [-0.05, 0) is 0 Å². The number of hydrogen-bond donors (Lipinski definition) is 0. The van der Waals surface area contributed by atoms with Gasteiger partial charge < -0.3 is 0 Å². The molecule has 14 heteroatoms. The van der Waals surface area contributed by atoms with Crippen molar-refractivity contribution in [2.45, 2.75) is 60.0 Å². The molecule has 4 aliphatic heterocycles. The molecule has 4 radical (unpaired) electrons. The van der Waals surface area contributed by atoms with Gasteiger partial charge in [-0.25, -0.2) is 0 Å². The number of hydrogen-bond acceptors (Lipinski definition) is 6. The molecule has 10 atom stereocenters. The number of halogens is 2. The van der Waals surface area contributed by atoms with Gasteiger partial charge in [-0.3, -0.25) is 0 Å². The fraction of sp³-hybridized carbons (Fsp3) is 1.00. The summed E-state index contributed by atoms with van der Waals surface area (Å²) in [6.07, 6.45) is -0.493. The van der Waals surface area contributed by atoms with Crippen LogP contribution in [0.25, 0.3) is 0 Å². The van der Waals surface area contributed by atoms with E-state index in [4.69, 9.17) is 66.5 Å². The summed E-state index contributed by atoms with van der Waals surface area (Å²) in [7, 11) is 11.6. The van der Waals surface area contributed by atoms with E-state index in [-0.39, 0.29) is 24.4 Å². The minimum atomic E-state index is -1.65. The third-order valence-electron chi connectivity index (χ3n) is 5.10. The van der Waals surface area contributed by atoms with Crippen molar-refractivity contribution < 1.29 is 65.2 Å². The molecule has 0 aromatic rings. The van der Waals surface area contributed by atoms with Crippen molar-refractivity contribution in [3.63, 3.8) is 0 Å². The van der Waals surface area contributed by atoms with E-state index in [2.05, 4.69) is 0 Å². The molecule has 4 saturated heterocycles. The summed E-state index contributed by atoms with van der Waals surface area (Å²) >= 11 is 15.3. The van der Waals surface area contributed by atoms with Gasteiger partial charge in [0.25, 0.3) is 0 Å². The molecule has 4 rings (SSSR count). The Bertz CT molecular complexity index is 659. The zero-order valence-corrected chi connectivity index (χ0v) is 25.1. The van der Waals surface area contributed by atoms with Crippen LogP contribution < -0.4 is 0 Å². The monoisotopic (exact) mass is 808 g/mol. The topological polar surface area (TPSA) is 55.4 Å². The number of alkyl halides is 2. The maximum absolute atomic E-state index is 6.32. The standard InChI is InChI=1S/2C7H11BClO3P.2W/c2*1-7(9)5-4(11-6(7)8)3-10-13(2)12-5;;/h2*4-6H,3H2,1-2H3;;/t4-,5-,6-,7-,13+;4-,5-,6-,7-,13-;;/m11../s1. The first-order valence-electron chi connectivity index (χ1n) is 8.66. The zero-order valence-electron chi connectivity index (χ0n) is 15.9. The second kappa shape index (κ2) is 8.81. The van der Waals surface area contributed by atoms with E-state index in [1.807, 2.05) is 27.2 Å². The molecule has 0 aromatic heterocycles. The Kier molecular flexibility index (Phi) is 7.97. The van der Waals surface area contributed by atoms with Gasteiger partial charge in [0, 0.05) is 0 Å². The summed E-state index contributed by atoms with van der Waals surface area (Å²) in [5.41, 5.74) is 0. The summed E-state index contributed by atoms with van der Waals surface area (Å²) < 4.78 is 34.0. The van der Waals surface area contributed by atoms with Crippen molar-refractivity contribution in [3.05, 3.63) is 0 Å². The molecule has 4 aliphatic rings. The molecular weight excluding hydrogens is 786 g/mol. The summed E-state index contributed by atoms with van der Waals surface area (Å²) in [5.74, 6) is 0. The molecule has 0 amide bonds. The van der Waals surface area contributed by atoms with Gasteiger partial charge in [0.05, 0.1) is 0 Å².